The van der Waals surface area contributed by atoms with Gasteiger partial charge in [0, 0.05) is 49.9 Å². The topological polar surface area (TPSA) is 21.3 Å². The van der Waals surface area contributed by atoms with Crippen LogP contribution in [0.1, 0.15) is 0 Å². The van der Waals surface area contributed by atoms with Crippen molar-refractivity contribution in [1.29, 1.82) is 0 Å². The summed E-state index contributed by atoms with van der Waals surface area (Å²) < 4.78 is 8.88. The molecular weight excluding hydrogens is 741 g/mol. The van der Waals surface area contributed by atoms with Crippen LogP contribution in [0, 0.1) is 0 Å². The molecular formula is C58H38N2O. The fourth-order valence-corrected chi connectivity index (χ4v) is 9.29. The molecule has 0 spiro atoms. The van der Waals surface area contributed by atoms with Crippen LogP contribution in [0.2, 0.25) is 0 Å². The summed E-state index contributed by atoms with van der Waals surface area (Å²) in [6, 6.07) is 82.8. The van der Waals surface area contributed by atoms with E-state index < -0.39 is 0 Å². The standard InChI is InChI=1S/C58H38N2O/c1-2-12-39(13-3-1)40-24-31-45(32-25-40)59(48-16-10-15-44(38-48)50-20-11-21-52-51-18-7-9-23-56(51)61-58(50)52)46-33-26-41(27-34-46)42-28-35-47(36-29-42)60-54-22-8-6-19-53(54)57-49-17-5-4-14-43(49)30-37-55(57)60/h1-38H. The first-order valence-electron chi connectivity index (χ1n) is 20.8. The van der Waals surface area contributed by atoms with Crippen LogP contribution in [0.4, 0.5) is 17.1 Å². The van der Waals surface area contributed by atoms with Gasteiger partial charge in [-0.05, 0) is 105 Å². The highest BCUT2D eigenvalue weighted by molar-refractivity contribution is 6.21. The maximum atomic E-state index is 6.48. The van der Waals surface area contributed by atoms with Crippen molar-refractivity contribution in [3.63, 3.8) is 0 Å². The summed E-state index contributed by atoms with van der Waals surface area (Å²) in [5.41, 5.74) is 15.5. The van der Waals surface area contributed by atoms with Crippen molar-refractivity contribution < 1.29 is 4.42 Å². The molecule has 0 aliphatic rings. The van der Waals surface area contributed by atoms with Gasteiger partial charge < -0.3 is 13.9 Å². The van der Waals surface area contributed by atoms with Crippen LogP contribution in [0.5, 0.6) is 0 Å². The minimum atomic E-state index is 0.899. The fraction of sp³-hybridized carbons (Fsp3) is 0. The lowest BCUT2D eigenvalue weighted by atomic mass is 10.0. The van der Waals surface area contributed by atoms with E-state index in [1.807, 2.05) is 12.1 Å². The molecule has 0 N–H and O–H groups in total. The highest BCUT2D eigenvalue weighted by atomic mass is 16.3. The molecule has 10 aromatic carbocycles. The van der Waals surface area contributed by atoms with Crippen molar-refractivity contribution in [1.82, 2.24) is 4.57 Å². The zero-order valence-corrected chi connectivity index (χ0v) is 33.2. The summed E-state index contributed by atoms with van der Waals surface area (Å²) in [7, 11) is 0. The predicted octanol–water partition coefficient (Wildman–Crippen LogP) is 16.3. The zero-order valence-electron chi connectivity index (χ0n) is 33.2. The van der Waals surface area contributed by atoms with Gasteiger partial charge in [-0.25, -0.2) is 0 Å². The second-order valence-corrected chi connectivity index (χ2v) is 15.7. The summed E-state index contributed by atoms with van der Waals surface area (Å²) in [5.74, 6) is 0. The Bertz CT molecular complexity index is 3560. The SMILES string of the molecule is c1ccc(-c2ccc(N(c3ccc(-c4ccc(-n5c6ccccc6c6c7ccccc7ccc65)cc4)cc3)c3cccc(-c4cccc5c4oc4ccccc45)c3)cc2)cc1. The van der Waals surface area contributed by atoms with E-state index in [4.69, 9.17) is 4.42 Å². The molecule has 12 aromatic rings. The van der Waals surface area contributed by atoms with E-state index in [-0.39, 0.29) is 0 Å². The average Bonchev–Trinajstić information content (AvgIpc) is 3.89. The van der Waals surface area contributed by atoms with Crippen LogP contribution in [0.3, 0.4) is 0 Å². The number of benzene rings is 10. The Labute approximate surface area is 353 Å². The van der Waals surface area contributed by atoms with Gasteiger partial charge in [-0.2, -0.15) is 0 Å². The third kappa shape index (κ3) is 5.90. The van der Waals surface area contributed by atoms with Gasteiger partial charge in [0.05, 0.1) is 11.0 Å². The van der Waals surface area contributed by atoms with Crippen molar-refractivity contribution in [3.8, 4) is 39.1 Å². The van der Waals surface area contributed by atoms with E-state index >= 15 is 0 Å². The van der Waals surface area contributed by atoms with Crippen molar-refractivity contribution in [2.45, 2.75) is 0 Å². The first kappa shape index (κ1) is 34.9. The maximum Gasteiger partial charge on any atom is 0.143 e. The molecule has 61 heavy (non-hydrogen) atoms. The van der Waals surface area contributed by atoms with Crippen molar-refractivity contribution in [2.24, 2.45) is 0 Å². The number of aromatic nitrogens is 1. The van der Waals surface area contributed by atoms with E-state index in [0.29, 0.717) is 0 Å². The number of fused-ring (bicyclic) bond motifs is 8. The number of anilines is 3. The van der Waals surface area contributed by atoms with E-state index in [0.717, 1.165) is 61.4 Å². The number of furan rings is 1. The Morgan fingerprint density at radius 3 is 1.67 bits per heavy atom. The van der Waals surface area contributed by atoms with E-state index in [2.05, 4.69) is 228 Å². The molecule has 0 bridgehead atoms. The second-order valence-electron chi connectivity index (χ2n) is 15.7. The molecule has 0 saturated heterocycles. The molecule has 286 valence electrons. The molecule has 0 aliphatic carbocycles. The van der Waals surface area contributed by atoms with Crippen molar-refractivity contribution in [2.75, 3.05) is 4.90 Å². The highest BCUT2D eigenvalue weighted by Crippen LogP contribution is 2.42. The Kier molecular flexibility index (Phi) is 8.17. The second kappa shape index (κ2) is 14.3. The number of hydrogen-bond donors (Lipinski definition) is 0. The molecule has 0 saturated carbocycles. The largest absolute Gasteiger partial charge is 0.455 e. The van der Waals surface area contributed by atoms with Crippen LogP contribution in [0.25, 0.3) is 93.6 Å². The Morgan fingerprint density at radius 2 is 0.918 bits per heavy atom. The summed E-state index contributed by atoms with van der Waals surface area (Å²) in [6.07, 6.45) is 0. The van der Waals surface area contributed by atoms with Gasteiger partial charge in [-0.1, -0.05) is 164 Å². The molecule has 0 unspecified atom stereocenters. The number of hydrogen-bond acceptors (Lipinski definition) is 2. The first-order chi connectivity index (χ1) is 30.2. The van der Waals surface area contributed by atoms with Crippen molar-refractivity contribution >= 4 is 71.6 Å². The van der Waals surface area contributed by atoms with Gasteiger partial charge >= 0.3 is 0 Å². The summed E-state index contributed by atoms with van der Waals surface area (Å²) in [4.78, 5) is 2.34. The highest BCUT2D eigenvalue weighted by Gasteiger charge is 2.18. The fourth-order valence-electron chi connectivity index (χ4n) is 9.29. The molecule has 0 aliphatic heterocycles. The zero-order chi connectivity index (χ0) is 40.3. The maximum absolute atomic E-state index is 6.48. The monoisotopic (exact) mass is 778 g/mol. The van der Waals surface area contributed by atoms with Gasteiger partial charge in [-0.3, -0.25) is 0 Å². The van der Waals surface area contributed by atoms with E-state index in [9.17, 15) is 0 Å². The lowest BCUT2D eigenvalue weighted by Crippen LogP contribution is -2.10. The molecule has 0 amide bonds. The molecule has 0 atom stereocenters. The van der Waals surface area contributed by atoms with Gasteiger partial charge in [0.15, 0.2) is 0 Å². The number of rotatable bonds is 7. The van der Waals surface area contributed by atoms with Crippen LogP contribution in [0.15, 0.2) is 235 Å². The molecule has 3 heteroatoms. The van der Waals surface area contributed by atoms with Crippen LogP contribution >= 0.6 is 0 Å². The third-order valence-corrected chi connectivity index (χ3v) is 12.2. The third-order valence-electron chi connectivity index (χ3n) is 12.2. The molecule has 3 nitrogen and oxygen atoms in total. The van der Waals surface area contributed by atoms with Gasteiger partial charge in [0.1, 0.15) is 11.2 Å². The van der Waals surface area contributed by atoms with E-state index in [1.54, 1.807) is 0 Å². The molecule has 12 rings (SSSR count). The van der Waals surface area contributed by atoms with Crippen LogP contribution < -0.4 is 4.90 Å². The smallest absolute Gasteiger partial charge is 0.143 e. The lowest BCUT2D eigenvalue weighted by Gasteiger charge is -2.26. The van der Waals surface area contributed by atoms with Crippen LogP contribution in [-0.4, -0.2) is 4.57 Å². The number of nitrogens with zero attached hydrogens (tertiary/aromatic N) is 2. The Morgan fingerprint density at radius 1 is 0.344 bits per heavy atom. The average molecular weight is 779 g/mol. The van der Waals surface area contributed by atoms with Gasteiger partial charge in [0.25, 0.3) is 0 Å². The normalized spacial score (nSPS) is 11.6. The molecule has 2 heterocycles. The minimum Gasteiger partial charge on any atom is -0.455 e. The van der Waals surface area contributed by atoms with E-state index in [1.165, 1.54) is 49.3 Å². The van der Waals surface area contributed by atoms with Crippen LogP contribution in [-0.2, 0) is 0 Å². The molecule has 0 fully saturated rings. The summed E-state index contributed by atoms with van der Waals surface area (Å²) >= 11 is 0. The predicted molar refractivity (Wildman–Crippen MR) is 257 cm³/mol. The lowest BCUT2D eigenvalue weighted by molar-refractivity contribution is 0.670. The Balaban J connectivity index is 0.924. The first-order valence-corrected chi connectivity index (χ1v) is 20.8. The molecule has 2 aromatic heterocycles. The summed E-state index contributed by atoms with van der Waals surface area (Å²) in [5, 5.41) is 7.36. The summed E-state index contributed by atoms with van der Waals surface area (Å²) in [6.45, 7) is 0. The molecule has 0 radical (unpaired) electrons. The number of para-hydroxylation sites is 3. The van der Waals surface area contributed by atoms with Gasteiger partial charge in [0.2, 0.25) is 0 Å². The minimum absolute atomic E-state index is 0.899. The Hall–Kier alpha value is -8.14. The quantitative estimate of drug-likeness (QED) is 0.161. The van der Waals surface area contributed by atoms with Crippen molar-refractivity contribution in [3.05, 3.63) is 231 Å². The van der Waals surface area contributed by atoms with Gasteiger partial charge in [-0.15, -0.1) is 0 Å².